The van der Waals surface area contributed by atoms with Crippen LogP contribution < -0.4 is 15.0 Å². The van der Waals surface area contributed by atoms with E-state index in [1.54, 1.807) is 23.1 Å². The molecule has 0 radical (unpaired) electrons. The fourth-order valence-electron chi connectivity index (χ4n) is 3.33. The van der Waals surface area contributed by atoms with Gasteiger partial charge in [0.15, 0.2) is 0 Å². The van der Waals surface area contributed by atoms with E-state index >= 15 is 0 Å². The normalized spacial score (nSPS) is 15.1. The fraction of sp³-hybridized carbons (Fsp3) is 0.391. The summed E-state index contributed by atoms with van der Waals surface area (Å²) < 4.78 is 5.91. The summed E-state index contributed by atoms with van der Waals surface area (Å²) in [7, 11) is 0. The first-order chi connectivity index (χ1) is 15.0. The highest BCUT2D eigenvalue weighted by molar-refractivity contribution is 6.32. The lowest BCUT2D eigenvalue weighted by Crippen LogP contribution is -2.42. The number of nitro groups is 1. The molecule has 1 heterocycles. The number of nitrogens with zero attached hydrogens (tertiary/aromatic N) is 2. The summed E-state index contributed by atoms with van der Waals surface area (Å²) in [6.45, 7) is 8.65. The minimum Gasteiger partial charge on any atom is -0.490 e. The molecule has 170 valence electrons. The number of anilines is 2. The van der Waals surface area contributed by atoms with Crippen LogP contribution in [0.1, 0.15) is 44.5 Å². The zero-order chi connectivity index (χ0) is 23.6. The first kappa shape index (κ1) is 23.5. The molecule has 0 fully saturated rings. The first-order valence-electron chi connectivity index (χ1n) is 10.3. The summed E-state index contributed by atoms with van der Waals surface area (Å²) in [4.78, 5) is 38.1. The average Bonchev–Trinajstić information content (AvgIpc) is 2.81. The molecule has 2 aromatic rings. The van der Waals surface area contributed by atoms with E-state index in [0.717, 1.165) is 12.5 Å². The maximum atomic E-state index is 13.2. The Morgan fingerprint density at radius 2 is 2.00 bits per heavy atom. The van der Waals surface area contributed by atoms with Crippen molar-refractivity contribution in [2.45, 2.75) is 34.1 Å². The molecule has 0 spiro atoms. The molecule has 32 heavy (non-hydrogen) atoms. The molecule has 2 aromatic carbocycles. The topological polar surface area (TPSA) is 102 Å². The Labute approximate surface area is 191 Å². The molecular weight excluding hydrogens is 434 g/mol. The predicted octanol–water partition coefficient (Wildman–Crippen LogP) is 5.30. The van der Waals surface area contributed by atoms with E-state index in [1.165, 1.54) is 12.1 Å². The van der Waals surface area contributed by atoms with Gasteiger partial charge in [-0.15, -0.1) is 0 Å². The number of ether oxygens (including phenoxy) is 1. The third-order valence-corrected chi connectivity index (χ3v) is 5.57. The zero-order valence-corrected chi connectivity index (χ0v) is 19.2. The number of hydrogen-bond donors (Lipinski definition) is 1. The average molecular weight is 460 g/mol. The molecule has 1 N–H and O–H groups in total. The zero-order valence-electron chi connectivity index (χ0n) is 18.5. The van der Waals surface area contributed by atoms with Crippen LogP contribution in [-0.4, -0.2) is 29.9 Å². The Balaban J connectivity index is 1.92. The van der Waals surface area contributed by atoms with Crippen LogP contribution in [0.3, 0.4) is 0 Å². The number of nitrogens with one attached hydrogen (secondary N) is 1. The third kappa shape index (κ3) is 5.02. The van der Waals surface area contributed by atoms with Crippen LogP contribution >= 0.6 is 11.6 Å². The van der Waals surface area contributed by atoms with Gasteiger partial charge in [-0.3, -0.25) is 19.7 Å². The third-order valence-electron chi connectivity index (χ3n) is 5.26. The first-order valence-corrected chi connectivity index (χ1v) is 10.7. The lowest BCUT2D eigenvalue weighted by Gasteiger charge is -2.28. The van der Waals surface area contributed by atoms with Crippen LogP contribution in [0.15, 0.2) is 36.4 Å². The van der Waals surface area contributed by atoms with Crippen LogP contribution in [0, 0.1) is 21.4 Å². The fourth-order valence-corrected chi connectivity index (χ4v) is 3.52. The van der Waals surface area contributed by atoms with Crippen molar-refractivity contribution < 1.29 is 19.2 Å². The highest BCUT2D eigenvalue weighted by Gasteiger charge is 2.37. The summed E-state index contributed by atoms with van der Waals surface area (Å²) >= 11 is 5.83. The van der Waals surface area contributed by atoms with Gasteiger partial charge in [0.1, 0.15) is 17.4 Å². The van der Waals surface area contributed by atoms with Crippen molar-refractivity contribution in [3.63, 3.8) is 0 Å². The van der Waals surface area contributed by atoms with Crippen LogP contribution in [-0.2, 0) is 4.79 Å². The second kappa shape index (κ2) is 9.16. The van der Waals surface area contributed by atoms with E-state index in [4.69, 9.17) is 16.3 Å². The van der Waals surface area contributed by atoms with Gasteiger partial charge in [-0.05, 0) is 56.5 Å². The lowest BCUT2D eigenvalue weighted by atomic mass is 9.92. The molecule has 0 aromatic heterocycles. The number of fused-ring (bicyclic) bond motifs is 1. The number of hydrogen-bond acceptors (Lipinski definition) is 5. The van der Waals surface area contributed by atoms with Crippen molar-refractivity contribution in [3.8, 4) is 5.75 Å². The second-order valence-electron chi connectivity index (χ2n) is 8.87. The minimum absolute atomic E-state index is 0.0457. The van der Waals surface area contributed by atoms with E-state index in [-0.39, 0.29) is 28.8 Å². The van der Waals surface area contributed by atoms with E-state index in [0.29, 0.717) is 29.6 Å². The smallest absolute Gasteiger partial charge is 0.288 e. The summed E-state index contributed by atoms with van der Waals surface area (Å²) in [6, 6.07) is 8.94. The molecule has 0 atom stereocenters. The van der Waals surface area contributed by atoms with Crippen molar-refractivity contribution in [2.24, 2.45) is 11.3 Å². The molecule has 0 saturated heterocycles. The summed E-state index contributed by atoms with van der Waals surface area (Å²) in [5.74, 6) is 0.392. The quantitative estimate of drug-likeness (QED) is 0.466. The Morgan fingerprint density at radius 1 is 1.28 bits per heavy atom. The van der Waals surface area contributed by atoms with E-state index < -0.39 is 16.2 Å². The predicted molar refractivity (Wildman–Crippen MR) is 124 cm³/mol. The lowest BCUT2D eigenvalue weighted by molar-refractivity contribution is -0.384. The maximum Gasteiger partial charge on any atom is 0.288 e. The number of amides is 2. The van der Waals surface area contributed by atoms with Crippen molar-refractivity contribution in [1.29, 1.82) is 0 Å². The summed E-state index contributed by atoms with van der Waals surface area (Å²) in [5.41, 5.74) is 0.0865. The van der Waals surface area contributed by atoms with Gasteiger partial charge in [-0.25, -0.2) is 0 Å². The van der Waals surface area contributed by atoms with E-state index in [9.17, 15) is 19.7 Å². The molecule has 3 rings (SSSR count). The Kier molecular flexibility index (Phi) is 6.74. The summed E-state index contributed by atoms with van der Waals surface area (Å²) in [6.07, 6.45) is 0.812. The van der Waals surface area contributed by atoms with Gasteiger partial charge >= 0.3 is 0 Å². The van der Waals surface area contributed by atoms with Crippen LogP contribution in [0.5, 0.6) is 5.75 Å². The highest BCUT2D eigenvalue weighted by atomic mass is 35.5. The van der Waals surface area contributed by atoms with Crippen LogP contribution in [0.2, 0.25) is 5.02 Å². The molecule has 1 aliphatic rings. The minimum atomic E-state index is -0.693. The molecular formula is C23H26ClN3O5. The Hall–Kier alpha value is -3.13. The van der Waals surface area contributed by atoms with E-state index in [1.807, 2.05) is 13.8 Å². The van der Waals surface area contributed by atoms with Gasteiger partial charge < -0.3 is 15.0 Å². The number of benzene rings is 2. The summed E-state index contributed by atoms with van der Waals surface area (Å²) in [5, 5.41) is 13.8. The van der Waals surface area contributed by atoms with Gasteiger partial charge in [-0.2, -0.15) is 0 Å². The molecule has 0 unspecified atom stereocenters. The number of rotatable bonds is 6. The SMILES string of the molecule is CC(C)CCN1C(=O)C(C)(C)COc2ccc(NC(=O)c3ccc(Cl)c([N+](=O)[O-])c3)cc21. The van der Waals surface area contributed by atoms with Gasteiger partial charge in [0.05, 0.1) is 16.0 Å². The van der Waals surface area contributed by atoms with Crippen molar-refractivity contribution in [1.82, 2.24) is 0 Å². The van der Waals surface area contributed by atoms with Gasteiger partial charge in [0.25, 0.3) is 11.6 Å². The van der Waals surface area contributed by atoms with Crippen molar-refractivity contribution in [3.05, 3.63) is 57.1 Å². The van der Waals surface area contributed by atoms with E-state index in [2.05, 4.69) is 19.2 Å². The van der Waals surface area contributed by atoms with Crippen molar-refractivity contribution in [2.75, 3.05) is 23.4 Å². The molecule has 8 nitrogen and oxygen atoms in total. The molecule has 0 bridgehead atoms. The van der Waals surface area contributed by atoms with Crippen molar-refractivity contribution >= 4 is 40.5 Å². The maximum absolute atomic E-state index is 13.2. The largest absolute Gasteiger partial charge is 0.490 e. The molecule has 1 aliphatic heterocycles. The van der Waals surface area contributed by atoms with Crippen LogP contribution in [0.4, 0.5) is 17.1 Å². The Morgan fingerprint density at radius 3 is 2.66 bits per heavy atom. The number of carbonyl (C=O) groups is 2. The van der Waals surface area contributed by atoms with Gasteiger partial charge in [0.2, 0.25) is 5.91 Å². The molecule has 9 heteroatoms. The second-order valence-corrected chi connectivity index (χ2v) is 9.28. The van der Waals surface area contributed by atoms with Gasteiger partial charge in [-0.1, -0.05) is 25.4 Å². The number of carbonyl (C=O) groups excluding carboxylic acids is 2. The highest BCUT2D eigenvalue weighted by Crippen LogP contribution is 2.38. The number of nitro benzene ring substituents is 1. The molecule has 0 saturated carbocycles. The monoisotopic (exact) mass is 459 g/mol. The van der Waals surface area contributed by atoms with Gasteiger partial charge in [0, 0.05) is 23.9 Å². The molecule has 0 aliphatic carbocycles. The number of halogens is 1. The Bertz CT molecular complexity index is 1070. The molecule has 2 amide bonds. The van der Waals surface area contributed by atoms with Crippen LogP contribution in [0.25, 0.3) is 0 Å². The standard InChI is InChI=1S/C23H26ClN3O5/c1-14(2)9-10-26-19-12-16(6-8-20(19)32-13-23(3,4)22(26)29)25-21(28)15-5-7-17(24)18(11-15)27(30)31/h5-8,11-12,14H,9-10,13H2,1-4H3,(H,25,28).